The average Bonchev–Trinajstić information content (AvgIpc) is 3.35. The minimum absolute atomic E-state index is 0.0355. The highest BCUT2D eigenvalue weighted by atomic mass is 16.2. The SMILES string of the molecule is Cn1cccc(C(=O)N2CCN(c3ccc4c(=O)n(C5CCCC5)cnc4c3)CC2)c1=O. The summed E-state index contributed by atoms with van der Waals surface area (Å²) in [6.45, 7) is 2.38. The van der Waals surface area contributed by atoms with E-state index in [0.717, 1.165) is 18.5 Å². The van der Waals surface area contributed by atoms with Gasteiger partial charge in [-0.15, -0.1) is 0 Å². The first-order chi connectivity index (χ1) is 15.5. The Kier molecular flexibility index (Phi) is 5.28. The van der Waals surface area contributed by atoms with Crippen molar-refractivity contribution in [2.24, 2.45) is 7.05 Å². The first-order valence-corrected chi connectivity index (χ1v) is 11.2. The predicted octanol–water partition coefficient (Wildman–Crippen LogP) is 2.17. The van der Waals surface area contributed by atoms with E-state index in [-0.39, 0.29) is 28.6 Å². The molecule has 1 amide bonds. The Morgan fingerprint density at radius 3 is 2.50 bits per heavy atom. The van der Waals surface area contributed by atoms with E-state index in [1.165, 1.54) is 17.4 Å². The summed E-state index contributed by atoms with van der Waals surface area (Å²) >= 11 is 0. The zero-order chi connectivity index (χ0) is 22.2. The van der Waals surface area contributed by atoms with Crippen molar-refractivity contribution in [1.29, 1.82) is 0 Å². The van der Waals surface area contributed by atoms with Crippen molar-refractivity contribution in [3.63, 3.8) is 0 Å². The van der Waals surface area contributed by atoms with Crippen LogP contribution in [0.5, 0.6) is 0 Å². The lowest BCUT2D eigenvalue weighted by Crippen LogP contribution is -2.49. The zero-order valence-electron chi connectivity index (χ0n) is 18.2. The molecule has 0 radical (unpaired) electrons. The number of nitrogens with zero attached hydrogens (tertiary/aromatic N) is 5. The number of amides is 1. The number of fused-ring (bicyclic) bond motifs is 1. The fraction of sp³-hybridized carbons (Fsp3) is 0.417. The fourth-order valence-corrected chi connectivity index (χ4v) is 4.86. The molecular formula is C24H27N5O3. The maximum absolute atomic E-state index is 12.9. The second kappa shape index (κ2) is 8.26. The molecule has 2 aliphatic rings. The molecule has 1 saturated heterocycles. The molecule has 0 bridgehead atoms. The van der Waals surface area contributed by atoms with Crippen LogP contribution in [0.1, 0.15) is 42.1 Å². The van der Waals surface area contributed by atoms with Gasteiger partial charge < -0.3 is 14.4 Å². The lowest BCUT2D eigenvalue weighted by molar-refractivity contribution is 0.0744. The normalized spacial score (nSPS) is 17.3. The van der Waals surface area contributed by atoms with Gasteiger partial charge in [-0.2, -0.15) is 0 Å². The van der Waals surface area contributed by atoms with E-state index in [4.69, 9.17) is 0 Å². The number of rotatable bonds is 3. The Bertz CT molecular complexity index is 1280. The van der Waals surface area contributed by atoms with Gasteiger partial charge in [0.05, 0.1) is 17.2 Å². The molecule has 2 fully saturated rings. The number of carbonyl (C=O) groups is 1. The number of aryl methyl sites for hydroxylation is 1. The van der Waals surface area contributed by atoms with Crippen molar-refractivity contribution < 1.29 is 4.79 Å². The van der Waals surface area contributed by atoms with Gasteiger partial charge in [0.1, 0.15) is 5.56 Å². The summed E-state index contributed by atoms with van der Waals surface area (Å²) in [5.74, 6) is -0.224. The van der Waals surface area contributed by atoms with Crippen LogP contribution >= 0.6 is 0 Å². The Balaban J connectivity index is 1.32. The molecule has 32 heavy (non-hydrogen) atoms. The Hall–Kier alpha value is -3.42. The Morgan fingerprint density at radius 2 is 1.75 bits per heavy atom. The van der Waals surface area contributed by atoms with Crippen LogP contribution in [-0.2, 0) is 7.05 Å². The number of pyridine rings is 1. The van der Waals surface area contributed by atoms with E-state index in [1.54, 1.807) is 41.2 Å². The molecule has 8 nitrogen and oxygen atoms in total. The molecule has 8 heteroatoms. The summed E-state index contributed by atoms with van der Waals surface area (Å²) < 4.78 is 3.22. The number of hydrogen-bond donors (Lipinski definition) is 0. The summed E-state index contributed by atoms with van der Waals surface area (Å²) in [7, 11) is 1.65. The van der Waals surface area contributed by atoms with Crippen molar-refractivity contribution in [1.82, 2.24) is 19.0 Å². The van der Waals surface area contributed by atoms with Crippen LogP contribution in [0.25, 0.3) is 10.9 Å². The van der Waals surface area contributed by atoms with E-state index < -0.39 is 0 Å². The quantitative estimate of drug-likeness (QED) is 0.633. The van der Waals surface area contributed by atoms with E-state index >= 15 is 0 Å². The summed E-state index contributed by atoms with van der Waals surface area (Å²) in [5, 5.41) is 0.650. The van der Waals surface area contributed by atoms with Crippen LogP contribution in [0.2, 0.25) is 0 Å². The highest BCUT2D eigenvalue weighted by Gasteiger charge is 2.25. The standard InChI is InChI=1S/C24H27N5O3/c1-26-10-4-7-20(22(26)30)23(31)28-13-11-27(12-14-28)18-8-9-19-21(15-18)25-16-29(24(19)32)17-5-2-3-6-17/h4,7-10,15-17H,2-3,5-6,11-14H2,1H3. The molecule has 0 spiro atoms. The van der Waals surface area contributed by atoms with E-state index in [1.807, 2.05) is 18.2 Å². The van der Waals surface area contributed by atoms with Crippen LogP contribution in [0.3, 0.4) is 0 Å². The van der Waals surface area contributed by atoms with Gasteiger partial charge in [-0.1, -0.05) is 12.8 Å². The van der Waals surface area contributed by atoms with Crippen molar-refractivity contribution in [3.8, 4) is 0 Å². The van der Waals surface area contributed by atoms with E-state index in [0.29, 0.717) is 37.1 Å². The van der Waals surface area contributed by atoms with Gasteiger partial charge in [0, 0.05) is 51.2 Å². The predicted molar refractivity (Wildman–Crippen MR) is 123 cm³/mol. The third-order valence-electron chi connectivity index (χ3n) is 6.77. The number of benzene rings is 1. The van der Waals surface area contributed by atoms with Crippen molar-refractivity contribution in [3.05, 3.63) is 69.1 Å². The summed E-state index contributed by atoms with van der Waals surface area (Å²) in [6, 6.07) is 9.37. The van der Waals surface area contributed by atoms with Crippen molar-refractivity contribution >= 4 is 22.5 Å². The molecule has 0 N–H and O–H groups in total. The highest BCUT2D eigenvalue weighted by molar-refractivity contribution is 5.94. The maximum Gasteiger partial charge on any atom is 0.263 e. The minimum Gasteiger partial charge on any atom is -0.368 e. The van der Waals surface area contributed by atoms with Gasteiger partial charge >= 0.3 is 0 Å². The van der Waals surface area contributed by atoms with Gasteiger partial charge in [0.15, 0.2) is 0 Å². The summed E-state index contributed by atoms with van der Waals surface area (Å²) in [6.07, 6.45) is 7.77. The molecule has 3 aromatic rings. The lowest BCUT2D eigenvalue weighted by atomic mass is 10.1. The van der Waals surface area contributed by atoms with E-state index in [2.05, 4.69) is 9.88 Å². The number of carbonyl (C=O) groups excluding carboxylic acids is 1. The third-order valence-corrected chi connectivity index (χ3v) is 6.77. The number of aromatic nitrogens is 3. The Morgan fingerprint density at radius 1 is 1.00 bits per heavy atom. The van der Waals surface area contributed by atoms with Gasteiger partial charge in [-0.05, 0) is 43.2 Å². The van der Waals surface area contributed by atoms with Crippen LogP contribution in [0.4, 0.5) is 5.69 Å². The summed E-state index contributed by atoms with van der Waals surface area (Å²) in [5.41, 5.74) is 1.66. The average molecular weight is 434 g/mol. The molecule has 1 aromatic carbocycles. The van der Waals surface area contributed by atoms with Crippen LogP contribution in [0, 0.1) is 0 Å². The van der Waals surface area contributed by atoms with Gasteiger partial charge in [-0.3, -0.25) is 19.0 Å². The molecule has 166 valence electrons. The topological polar surface area (TPSA) is 80.4 Å². The lowest BCUT2D eigenvalue weighted by Gasteiger charge is -2.36. The second-order valence-electron chi connectivity index (χ2n) is 8.71. The fourth-order valence-electron chi connectivity index (χ4n) is 4.86. The highest BCUT2D eigenvalue weighted by Crippen LogP contribution is 2.28. The summed E-state index contributed by atoms with van der Waals surface area (Å²) in [4.78, 5) is 46.5. The monoisotopic (exact) mass is 433 g/mol. The smallest absolute Gasteiger partial charge is 0.263 e. The minimum atomic E-state index is -0.274. The number of piperazine rings is 1. The Labute approximate surface area is 185 Å². The van der Waals surface area contributed by atoms with Crippen LogP contribution in [-0.4, -0.2) is 51.1 Å². The van der Waals surface area contributed by atoms with Gasteiger partial charge in [0.2, 0.25) is 0 Å². The van der Waals surface area contributed by atoms with Gasteiger partial charge in [0.25, 0.3) is 17.0 Å². The van der Waals surface area contributed by atoms with Crippen molar-refractivity contribution in [2.45, 2.75) is 31.7 Å². The molecule has 1 aliphatic heterocycles. The maximum atomic E-state index is 12.9. The molecule has 0 atom stereocenters. The van der Waals surface area contributed by atoms with Crippen LogP contribution in [0.15, 0.2) is 52.4 Å². The molecule has 0 unspecified atom stereocenters. The van der Waals surface area contributed by atoms with E-state index in [9.17, 15) is 14.4 Å². The molecule has 2 aromatic heterocycles. The molecule has 1 saturated carbocycles. The number of anilines is 1. The van der Waals surface area contributed by atoms with Crippen molar-refractivity contribution in [2.75, 3.05) is 31.1 Å². The first-order valence-electron chi connectivity index (χ1n) is 11.2. The van der Waals surface area contributed by atoms with Gasteiger partial charge in [-0.25, -0.2) is 4.98 Å². The molecule has 3 heterocycles. The van der Waals surface area contributed by atoms with Crippen LogP contribution < -0.4 is 16.0 Å². The largest absolute Gasteiger partial charge is 0.368 e. The zero-order valence-corrected chi connectivity index (χ0v) is 18.2. The molecular weight excluding hydrogens is 406 g/mol. The third kappa shape index (κ3) is 3.59. The molecule has 5 rings (SSSR count). The molecule has 1 aliphatic carbocycles. The first kappa shape index (κ1) is 20.5. The number of hydrogen-bond acceptors (Lipinski definition) is 5. The second-order valence-corrected chi connectivity index (χ2v) is 8.71.